The van der Waals surface area contributed by atoms with E-state index in [1.165, 1.54) is 13.8 Å². The van der Waals surface area contributed by atoms with Crippen molar-refractivity contribution in [2.45, 2.75) is 51.2 Å². The van der Waals surface area contributed by atoms with Crippen LogP contribution < -0.4 is 0 Å². The Labute approximate surface area is 134 Å². The largest absolute Gasteiger partial charge is 0.462 e. The lowest BCUT2D eigenvalue weighted by molar-refractivity contribution is -0.410. The normalized spacial score (nSPS) is 29.4. The Bertz CT molecular complexity index is 556. The van der Waals surface area contributed by atoms with Crippen LogP contribution in [0.4, 0.5) is 22.0 Å². The van der Waals surface area contributed by atoms with Crippen LogP contribution in [0.1, 0.15) is 27.7 Å². The number of carbonyl (C=O) groups excluding carboxylic acids is 2. The summed E-state index contributed by atoms with van der Waals surface area (Å²) >= 11 is 0. The Kier molecular flexibility index (Phi) is 5.07. The maximum Gasteiger partial charge on any atom is 0.462 e. The average Bonchev–Trinajstić information content (AvgIpc) is 2.59. The summed E-state index contributed by atoms with van der Waals surface area (Å²) in [6.07, 6.45) is -5.77. The van der Waals surface area contributed by atoms with Crippen LogP contribution in [0, 0.1) is 5.92 Å². The molecule has 1 fully saturated rings. The molecule has 138 valence electrons. The van der Waals surface area contributed by atoms with Gasteiger partial charge in [0.2, 0.25) is 5.60 Å². The quantitative estimate of drug-likeness (QED) is 0.438. The number of carbonyl (C=O) groups is 2. The van der Waals surface area contributed by atoms with Gasteiger partial charge >= 0.3 is 29.8 Å². The van der Waals surface area contributed by atoms with Crippen LogP contribution in [-0.2, 0) is 23.8 Å². The summed E-state index contributed by atoms with van der Waals surface area (Å²) in [6, 6.07) is 0. The average molecular weight is 360 g/mol. The van der Waals surface area contributed by atoms with Crippen molar-refractivity contribution in [2.24, 2.45) is 5.92 Å². The molecule has 1 saturated heterocycles. The molecule has 1 rings (SSSR count). The number of halogens is 5. The third-order valence-electron chi connectivity index (χ3n) is 3.38. The van der Waals surface area contributed by atoms with Gasteiger partial charge in [-0.2, -0.15) is 22.0 Å². The van der Waals surface area contributed by atoms with E-state index in [0.29, 0.717) is 6.92 Å². The van der Waals surface area contributed by atoms with Crippen LogP contribution >= 0.6 is 0 Å². The Hall–Kier alpha value is -1.71. The summed E-state index contributed by atoms with van der Waals surface area (Å²) in [5.41, 5.74) is -3.30. The second kappa shape index (κ2) is 5.98. The summed E-state index contributed by atoms with van der Waals surface area (Å²) in [7, 11) is 0. The molecule has 2 atom stereocenters. The van der Waals surface area contributed by atoms with Gasteiger partial charge in [0.1, 0.15) is 0 Å². The number of rotatable bonds is 4. The van der Waals surface area contributed by atoms with Gasteiger partial charge in [0.05, 0.1) is 12.5 Å². The predicted octanol–water partition coefficient (Wildman–Crippen LogP) is 2.99. The van der Waals surface area contributed by atoms with Crippen molar-refractivity contribution in [1.29, 1.82) is 0 Å². The zero-order chi connectivity index (χ0) is 19.1. The van der Waals surface area contributed by atoms with Crippen molar-refractivity contribution in [3.05, 3.63) is 12.2 Å². The van der Waals surface area contributed by atoms with Gasteiger partial charge in [-0.15, -0.1) is 0 Å². The molecule has 10 heteroatoms. The second-order valence-electron chi connectivity index (χ2n) is 5.95. The van der Waals surface area contributed by atoms with Crippen molar-refractivity contribution < 1.29 is 45.8 Å². The molecular formula is C14H17F5O5. The number of hydrogen-bond acceptors (Lipinski definition) is 5. The highest BCUT2D eigenvalue weighted by molar-refractivity contribution is 5.87. The number of hydrogen-bond donors (Lipinski definition) is 0. The summed E-state index contributed by atoms with van der Waals surface area (Å²) in [5.74, 6) is -13.4. The van der Waals surface area contributed by atoms with Crippen LogP contribution in [0.3, 0.4) is 0 Å². The van der Waals surface area contributed by atoms with E-state index in [9.17, 15) is 31.5 Å². The molecule has 1 aliphatic heterocycles. The number of esters is 2. The lowest BCUT2D eigenvalue weighted by Gasteiger charge is -2.38. The molecule has 1 heterocycles. The first-order valence-electron chi connectivity index (χ1n) is 6.81. The summed E-state index contributed by atoms with van der Waals surface area (Å²) in [6.45, 7) is 5.86. The van der Waals surface area contributed by atoms with Crippen LogP contribution in [0.15, 0.2) is 12.2 Å². The van der Waals surface area contributed by atoms with Crippen molar-refractivity contribution in [2.75, 3.05) is 6.61 Å². The smallest absolute Gasteiger partial charge is 0.447 e. The van der Waals surface area contributed by atoms with Crippen molar-refractivity contribution in [1.82, 2.24) is 0 Å². The van der Waals surface area contributed by atoms with E-state index in [4.69, 9.17) is 0 Å². The molecule has 0 aromatic heterocycles. The molecule has 0 radical (unpaired) electrons. The topological polar surface area (TPSA) is 61.8 Å². The summed E-state index contributed by atoms with van der Waals surface area (Å²) in [4.78, 5) is 23.0. The molecule has 24 heavy (non-hydrogen) atoms. The van der Waals surface area contributed by atoms with Crippen molar-refractivity contribution >= 4 is 11.9 Å². The van der Waals surface area contributed by atoms with Crippen LogP contribution in [0.2, 0.25) is 0 Å². The SMILES string of the molecule is C=C(C)C(=O)OC1(C)COC(OC(=O)C(C)C)(C(F)(F)F)C1(F)F. The minimum Gasteiger partial charge on any atom is -0.447 e. The van der Waals surface area contributed by atoms with E-state index in [2.05, 4.69) is 20.8 Å². The van der Waals surface area contributed by atoms with Gasteiger partial charge in [0, 0.05) is 5.57 Å². The number of ether oxygens (including phenoxy) is 3. The van der Waals surface area contributed by atoms with E-state index in [1.54, 1.807) is 0 Å². The molecule has 5 nitrogen and oxygen atoms in total. The minimum absolute atomic E-state index is 0.296. The van der Waals surface area contributed by atoms with Gasteiger partial charge in [0.25, 0.3) is 0 Å². The first-order chi connectivity index (χ1) is 10.6. The molecule has 0 aromatic carbocycles. The highest BCUT2D eigenvalue weighted by atomic mass is 19.4. The third-order valence-corrected chi connectivity index (χ3v) is 3.38. The lowest BCUT2D eigenvalue weighted by Crippen LogP contribution is -2.65. The Morgan fingerprint density at radius 1 is 1.21 bits per heavy atom. The first-order valence-corrected chi connectivity index (χ1v) is 6.81. The van der Waals surface area contributed by atoms with Gasteiger partial charge in [-0.3, -0.25) is 4.79 Å². The maximum atomic E-state index is 14.6. The Balaban J connectivity index is 3.36. The molecule has 0 N–H and O–H groups in total. The predicted molar refractivity (Wildman–Crippen MR) is 69.9 cm³/mol. The fraction of sp³-hybridized carbons (Fsp3) is 0.714. The fourth-order valence-corrected chi connectivity index (χ4v) is 1.82. The lowest BCUT2D eigenvalue weighted by atomic mass is 9.93. The van der Waals surface area contributed by atoms with Crippen LogP contribution in [-0.4, -0.2) is 42.0 Å². The molecule has 0 aromatic rings. The first kappa shape index (κ1) is 20.3. The second-order valence-corrected chi connectivity index (χ2v) is 5.95. The van der Waals surface area contributed by atoms with Gasteiger partial charge in [-0.25, -0.2) is 4.79 Å². The summed E-state index contributed by atoms with van der Waals surface area (Å²) in [5, 5.41) is 0. The van der Waals surface area contributed by atoms with Crippen molar-refractivity contribution in [3.63, 3.8) is 0 Å². The molecule has 0 aliphatic carbocycles. The molecule has 0 bridgehead atoms. The molecular weight excluding hydrogens is 343 g/mol. The van der Waals surface area contributed by atoms with E-state index in [-0.39, 0.29) is 5.57 Å². The van der Waals surface area contributed by atoms with E-state index in [0.717, 1.165) is 6.92 Å². The fourth-order valence-electron chi connectivity index (χ4n) is 1.82. The molecule has 2 unspecified atom stereocenters. The number of alkyl halides is 5. The molecule has 0 spiro atoms. The third kappa shape index (κ3) is 2.99. The Morgan fingerprint density at radius 3 is 2.08 bits per heavy atom. The summed E-state index contributed by atoms with van der Waals surface area (Å²) < 4.78 is 82.0. The maximum absolute atomic E-state index is 14.6. The monoisotopic (exact) mass is 360 g/mol. The molecule has 0 saturated carbocycles. The van der Waals surface area contributed by atoms with E-state index in [1.807, 2.05) is 0 Å². The minimum atomic E-state index is -5.77. The van der Waals surface area contributed by atoms with Crippen LogP contribution in [0.5, 0.6) is 0 Å². The van der Waals surface area contributed by atoms with Gasteiger partial charge in [-0.1, -0.05) is 20.4 Å². The highest BCUT2D eigenvalue weighted by Crippen LogP contribution is 2.56. The zero-order valence-electron chi connectivity index (χ0n) is 13.4. The zero-order valence-corrected chi connectivity index (χ0v) is 13.4. The van der Waals surface area contributed by atoms with Gasteiger partial charge < -0.3 is 14.2 Å². The van der Waals surface area contributed by atoms with Crippen molar-refractivity contribution in [3.8, 4) is 0 Å². The molecule has 1 aliphatic rings. The standard InChI is InChI=1S/C14H17F5O5/c1-7(2)9(20)23-11(5)6-22-13(12(11,15)16,14(17,18)19)24-10(21)8(3)4/h8H,1,6H2,2-5H3. The Morgan fingerprint density at radius 2 is 1.71 bits per heavy atom. The van der Waals surface area contributed by atoms with Gasteiger partial charge in [0.15, 0.2) is 0 Å². The van der Waals surface area contributed by atoms with Crippen LogP contribution in [0.25, 0.3) is 0 Å². The molecule has 0 amide bonds. The van der Waals surface area contributed by atoms with E-state index >= 15 is 0 Å². The highest BCUT2D eigenvalue weighted by Gasteiger charge is 2.85. The van der Waals surface area contributed by atoms with Gasteiger partial charge in [-0.05, 0) is 13.8 Å². The van der Waals surface area contributed by atoms with E-state index < -0.39 is 48.0 Å².